The number of unbranched alkanes of at least 4 members (excludes halogenated alkanes) is 24. The van der Waals surface area contributed by atoms with Crippen LogP contribution in [0.25, 0.3) is 0 Å². The Morgan fingerprint density at radius 1 is 0.508 bits per heavy atom. The average Bonchev–Trinajstić information content (AvgIpc) is 3.29. The Morgan fingerprint density at radius 2 is 0.908 bits per heavy atom. The van der Waals surface area contributed by atoms with Gasteiger partial charge in [0, 0.05) is 13.0 Å². The Labute approximate surface area is 395 Å². The van der Waals surface area contributed by atoms with Gasteiger partial charge in [-0.3, -0.25) is 13.8 Å². The summed E-state index contributed by atoms with van der Waals surface area (Å²) in [6, 6.07) is 0. The van der Waals surface area contributed by atoms with Crippen molar-refractivity contribution in [2.75, 3.05) is 19.8 Å². The summed E-state index contributed by atoms with van der Waals surface area (Å²) in [5, 5.41) is 50.3. The van der Waals surface area contributed by atoms with Crippen LogP contribution in [0.5, 0.6) is 0 Å². The summed E-state index contributed by atoms with van der Waals surface area (Å²) in [7, 11) is -5.03. The van der Waals surface area contributed by atoms with Gasteiger partial charge in [0.25, 0.3) is 0 Å². The predicted molar refractivity (Wildman–Crippen MR) is 262 cm³/mol. The number of carbonyl (C=O) groups is 1. The number of allylic oxidation sites excluding steroid dienone is 8. The van der Waals surface area contributed by atoms with Gasteiger partial charge in [-0.2, -0.15) is 0 Å². The molecule has 13 heteroatoms. The first-order valence-corrected chi connectivity index (χ1v) is 27.5. The van der Waals surface area contributed by atoms with Gasteiger partial charge < -0.3 is 39.9 Å². The van der Waals surface area contributed by atoms with Crippen LogP contribution in [0.4, 0.5) is 0 Å². The SMILES string of the molecule is CC/C=C\C/C=C\C/C=C\C/C=C\CCCCCCCOCC(COP(=O)(O)OC1C(O)C(O)C(O)C(O)C1O)OC(=O)CCCCCCCCCCCCCCCCCCCCCC. The lowest BCUT2D eigenvalue weighted by Crippen LogP contribution is -2.64. The first-order valence-electron chi connectivity index (χ1n) is 26.0. The lowest BCUT2D eigenvalue weighted by molar-refractivity contribution is -0.220. The molecule has 1 fully saturated rings. The first-order chi connectivity index (χ1) is 31.5. The van der Waals surface area contributed by atoms with Crippen LogP contribution in [-0.2, 0) is 27.9 Å². The van der Waals surface area contributed by atoms with Crippen LogP contribution in [0.1, 0.15) is 213 Å². The first kappa shape index (κ1) is 61.3. The molecule has 0 aromatic rings. The van der Waals surface area contributed by atoms with Gasteiger partial charge in [0.05, 0.1) is 13.2 Å². The molecular weight excluding hydrogens is 848 g/mol. The normalized spacial score (nSPS) is 21.9. The number of hydrogen-bond acceptors (Lipinski definition) is 11. The van der Waals surface area contributed by atoms with Crippen molar-refractivity contribution < 1.29 is 58.3 Å². The summed E-state index contributed by atoms with van der Waals surface area (Å²) in [6.45, 7) is 4.13. The van der Waals surface area contributed by atoms with Gasteiger partial charge in [0.15, 0.2) is 0 Å². The van der Waals surface area contributed by atoms with Crippen molar-refractivity contribution in [1.29, 1.82) is 0 Å². The molecule has 0 spiro atoms. The Bertz CT molecular complexity index is 1260. The van der Waals surface area contributed by atoms with Gasteiger partial charge in [0.2, 0.25) is 0 Å². The fourth-order valence-corrected chi connectivity index (χ4v) is 8.85. The van der Waals surface area contributed by atoms with Gasteiger partial charge >= 0.3 is 13.8 Å². The van der Waals surface area contributed by atoms with E-state index in [1.165, 1.54) is 103 Å². The Kier molecular flexibility index (Phi) is 40.0. The molecule has 0 saturated heterocycles. The molecular formula is C52H95O12P. The molecule has 1 saturated carbocycles. The van der Waals surface area contributed by atoms with Crippen molar-refractivity contribution in [3.8, 4) is 0 Å². The van der Waals surface area contributed by atoms with E-state index in [-0.39, 0.29) is 13.0 Å². The molecule has 1 aliphatic rings. The fraction of sp³-hybridized carbons (Fsp3) is 0.827. The number of phosphoric ester groups is 1. The highest BCUT2D eigenvalue weighted by Crippen LogP contribution is 2.47. The van der Waals surface area contributed by atoms with E-state index in [1.807, 2.05) is 0 Å². The van der Waals surface area contributed by atoms with E-state index >= 15 is 0 Å². The molecule has 0 bridgehead atoms. The Hall–Kier alpha value is -1.70. The molecule has 1 rings (SSSR count). The van der Waals surface area contributed by atoms with Gasteiger partial charge in [-0.25, -0.2) is 4.57 Å². The monoisotopic (exact) mass is 943 g/mol. The van der Waals surface area contributed by atoms with Crippen molar-refractivity contribution in [3.05, 3.63) is 48.6 Å². The van der Waals surface area contributed by atoms with E-state index in [2.05, 4.69) is 62.5 Å². The quantitative estimate of drug-likeness (QED) is 0.0147. The Morgan fingerprint density at radius 3 is 1.38 bits per heavy atom. The zero-order chi connectivity index (χ0) is 47.6. The molecule has 0 heterocycles. The Balaban J connectivity index is 2.34. The summed E-state index contributed by atoms with van der Waals surface area (Å²) in [5.41, 5.74) is 0. The standard InChI is InChI=1S/C52H95O12P/c1-3-5-7-9-11-13-15-17-19-21-23-24-25-27-29-31-33-35-37-39-41-46(53)63-45(44-62-65(59,60)64-52-50(57)48(55)47(54)49(56)51(52)58)43-61-42-40-38-36-34-32-30-28-26-22-20-18-16-14-12-10-8-6-4-2/h6,8,12,14,18,20,26,28,45,47-52,54-58H,3-5,7,9-11,13,15-17,19,21-25,27,29-44H2,1-2H3,(H,59,60)/b8-6-,14-12-,20-18-,28-26-. The maximum absolute atomic E-state index is 12.9. The largest absolute Gasteiger partial charge is 0.472 e. The lowest BCUT2D eigenvalue weighted by Gasteiger charge is -2.41. The highest BCUT2D eigenvalue weighted by atomic mass is 31.2. The molecule has 380 valence electrons. The number of hydrogen-bond donors (Lipinski definition) is 6. The molecule has 0 aliphatic heterocycles. The number of rotatable bonds is 44. The van der Waals surface area contributed by atoms with Crippen LogP contribution in [0, 0.1) is 0 Å². The van der Waals surface area contributed by atoms with Gasteiger partial charge in [0.1, 0.15) is 42.7 Å². The third kappa shape index (κ3) is 34.3. The second-order valence-electron chi connectivity index (χ2n) is 18.0. The molecule has 0 aromatic carbocycles. The van der Waals surface area contributed by atoms with Crippen molar-refractivity contribution in [2.45, 2.75) is 256 Å². The molecule has 0 amide bonds. The highest BCUT2D eigenvalue weighted by Gasteiger charge is 2.51. The minimum absolute atomic E-state index is 0.0882. The lowest BCUT2D eigenvalue weighted by atomic mass is 9.85. The third-order valence-corrected chi connectivity index (χ3v) is 13.0. The van der Waals surface area contributed by atoms with Gasteiger partial charge in [-0.15, -0.1) is 0 Å². The zero-order valence-electron chi connectivity index (χ0n) is 40.8. The maximum atomic E-state index is 12.9. The molecule has 6 unspecified atom stereocenters. The van der Waals surface area contributed by atoms with Crippen LogP contribution in [0.3, 0.4) is 0 Å². The number of aliphatic hydroxyl groups excluding tert-OH is 5. The number of esters is 1. The smallest absolute Gasteiger partial charge is 0.457 e. The minimum atomic E-state index is -5.03. The molecule has 0 aromatic heterocycles. The second-order valence-corrected chi connectivity index (χ2v) is 19.4. The maximum Gasteiger partial charge on any atom is 0.472 e. The van der Waals surface area contributed by atoms with Crippen LogP contribution in [-0.4, -0.2) is 98.9 Å². The fourth-order valence-electron chi connectivity index (χ4n) is 7.88. The van der Waals surface area contributed by atoms with Crippen molar-refractivity contribution in [3.63, 3.8) is 0 Å². The summed E-state index contributed by atoms with van der Waals surface area (Å²) in [6.07, 6.45) is 40.3. The second kappa shape index (κ2) is 42.4. The van der Waals surface area contributed by atoms with Crippen LogP contribution in [0.15, 0.2) is 48.6 Å². The number of ether oxygens (including phenoxy) is 2. The molecule has 65 heavy (non-hydrogen) atoms. The van der Waals surface area contributed by atoms with Crippen LogP contribution < -0.4 is 0 Å². The zero-order valence-corrected chi connectivity index (χ0v) is 41.7. The highest BCUT2D eigenvalue weighted by molar-refractivity contribution is 7.47. The summed E-state index contributed by atoms with van der Waals surface area (Å²) in [4.78, 5) is 23.2. The van der Waals surface area contributed by atoms with Gasteiger partial charge in [-0.05, 0) is 51.4 Å². The van der Waals surface area contributed by atoms with Crippen molar-refractivity contribution in [2.24, 2.45) is 0 Å². The number of phosphoric acid groups is 1. The van der Waals surface area contributed by atoms with Crippen molar-refractivity contribution in [1.82, 2.24) is 0 Å². The van der Waals surface area contributed by atoms with E-state index in [0.717, 1.165) is 83.5 Å². The van der Waals surface area contributed by atoms with E-state index in [9.17, 15) is 39.8 Å². The molecule has 6 N–H and O–H groups in total. The topological polar surface area (TPSA) is 192 Å². The predicted octanol–water partition coefficient (Wildman–Crippen LogP) is 11.6. The van der Waals surface area contributed by atoms with E-state index < -0.39 is 63.1 Å². The summed E-state index contributed by atoms with van der Waals surface area (Å²) in [5.74, 6) is -0.482. The molecule has 12 nitrogen and oxygen atoms in total. The minimum Gasteiger partial charge on any atom is -0.457 e. The van der Waals surface area contributed by atoms with E-state index in [1.54, 1.807) is 0 Å². The van der Waals surface area contributed by atoms with Crippen LogP contribution >= 0.6 is 7.82 Å². The molecule has 1 aliphatic carbocycles. The summed E-state index contributed by atoms with van der Waals surface area (Å²) >= 11 is 0. The number of carbonyl (C=O) groups excluding carboxylic acids is 1. The third-order valence-electron chi connectivity index (χ3n) is 12.0. The molecule has 0 radical (unpaired) electrons. The van der Waals surface area contributed by atoms with Crippen LogP contribution in [0.2, 0.25) is 0 Å². The van der Waals surface area contributed by atoms with Crippen molar-refractivity contribution >= 4 is 13.8 Å². The number of aliphatic hydroxyl groups is 5. The molecule has 6 atom stereocenters. The summed E-state index contributed by atoms with van der Waals surface area (Å²) < 4.78 is 34.3. The van der Waals surface area contributed by atoms with E-state index in [4.69, 9.17) is 18.5 Å². The van der Waals surface area contributed by atoms with E-state index in [0.29, 0.717) is 13.0 Å². The van der Waals surface area contributed by atoms with Gasteiger partial charge in [-0.1, -0.05) is 204 Å². The average molecular weight is 943 g/mol.